The van der Waals surface area contributed by atoms with Gasteiger partial charge in [0.15, 0.2) is 0 Å². The maximum absolute atomic E-state index is 13.4. The van der Waals surface area contributed by atoms with Crippen molar-refractivity contribution in [2.24, 2.45) is 5.92 Å². The Morgan fingerprint density at radius 3 is 2.46 bits per heavy atom. The first-order valence-corrected chi connectivity index (χ1v) is 13.5. The molecule has 0 aromatic heterocycles. The summed E-state index contributed by atoms with van der Waals surface area (Å²) in [5.74, 6) is -0.0399. The van der Waals surface area contributed by atoms with Gasteiger partial charge >= 0.3 is 6.03 Å². The van der Waals surface area contributed by atoms with E-state index < -0.39 is 12.1 Å². The van der Waals surface area contributed by atoms with Gasteiger partial charge in [0.25, 0.3) is 0 Å². The lowest BCUT2D eigenvalue weighted by atomic mass is 9.97. The zero-order valence-electron chi connectivity index (χ0n) is 21.4. The van der Waals surface area contributed by atoms with Gasteiger partial charge in [-0.3, -0.25) is 9.59 Å². The van der Waals surface area contributed by atoms with E-state index in [1.165, 1.54) is 19.3 Å². The number of anilines is 1. The van der Waals surface area contributed by atoms with Crippen LogP contribution in [0.2, 0.25) is 10.0 Å². The molecule has 0 saturated carbocycles. The molecule has 1 aliphatic rings. The first-order chi connectivity index (χ1) is 16.7. The van der Waals surface area contributed by atoms with E-state index in [-0.39, 0.29) is 28.8 Å². The molecule has 0 spiro atoms. The number of carbonyl (C=O) groups is 3. The Kier molecular flexibility index (Phi) is 12.1. The Hall–Kier alpha value is -1.99. The van der Waals surface area contributed by atoms with Crippen LogP contribution in [0.1, 0.15) is 72.6 Å². The number of carbonyl (C=O) groups excluding carboxylic acids is 3. The van der Waals surface area contributed by atoms with Gasteiger partial charge in [-0.2, -0.15) is 0 Å². The normalized spacial score (nSPS) is 17.6. The fourth-order valence-electron chi connectivity index (χ4n) is 4.33. The fraction of sp³-hybridized carbons (Fsp3) is 0.654. The third kappa shape index (κ3) is 8.57. The molecule has 1 saturated heterocycles. The number of hydrogen-bond acceptors (Lipinski definition) is 3. The van der Waals surface area contributed by atoms with E-state index >= 15 is 0 Å². The maximum Gasteiger partial charge on any atom is 0.319 e. The average Bonchev–Trinajstić information content (AvgIpc) is 2.84. The third-order valence-corrected chi connectivity index (χ3v) is 7.54. The van der Waals surface area contributed by atoms with Crippen LogP contribution < -0.4 is 10.6 Å². The number of urea groups is 1. The summed E-state index contributed by atoms with van der Waals surface area (Å²) in [6.07, 6.45) is 6.84. The minimum Gasteiger partial charge on any atom is -0.337 e. The predicted molar refractivity (Wildman–Crippen MR) is 143 cm³/mol. The molecular formula is C26H40Cl2N4O3. The largest absolute Gasteiger partial charge is 0.337 e. The SMILES string of the molecule is CCCCCCCC(=O)N1CCN(C(=O)C(NC(=O)Nc2cccc(Cl)c2Cl)C(C)CC)CC1C. The topological polar surface area (TPSA) is 81.8 Å². The number of piperazine rings is 1. The van der Waals surface area contributed by atoms with E-state index in [4.69, 9.17) is 23.2 Å². The van der Waals surface area contributed by atoms with Gasteiger partial charge in [-0.05, 0) is 31.4 Å². The fourth-order valence-corrected chi connectivity index (χ4v) is 4.68. The van der Waals surface area contributed by atoms with Crippen LogP contribution in [0.3, 0.4) is 0 Å². The molecule has 7 nitrogen and oxygen atoms in total. The monoisotopic (exact) mass is 526 g/mol. The molecule has 35 heavy (non-hydrogen) atoms. The maximum atomic E-state index is 13.4. The molecule has 9 heteroatoms. The van der Waals surface area contributed by atoms with Crippen molar-refractivity contribution in [2.45, 2.75) is 84.7 Å². The Bertz CT molecular complexity index is 867. The van der Waals surface area contributed by atoms with Gasteiger partial charge in [-0.15, -0.1) is 0 Å². The molecule has 0 bridgehead atoms. The van der Waals surface area contributed by atoms with E-state index in [0.29, 0.717) is 36.8 Å². The molecule has 2 rings (SSSR count). The molecule has 1 heterocycles. The van der Waals surface area contributed by atoms with Gasteiger partial charge in [0, 0.05) is 32.1 Å². The molecule has 196 valence electrons. The van der Waals surface area contributed by atoms with Gasteiger partial charge in [-0.1, -0.05) is 82.1 Å². The molecule has 3 unspecified atom stereocenters. The molecule has 3 atom stereocenters. The molecule has 2 N–H and O–H groups in total. The lowest BCUT2D eigenvalue weighted by Gasteiger charge is -2.41. The Labute approximate surface area is 219 Å². The highest BCUT2D eigenvalue weighted by Gasteiger charge is 2.35. The number of benzene rings is 1. The standard InChI is InChI=1S/C26H40Cl2N4O3/c1-5-7-8-9-10-14-22(33)32-16-15-31(17-19(32)4)25(34)24(18(3)6-2)30-26(35)29-21-13-11-12-20(27)23(21)28/h11-13,18-19,24H,5-10,14-17H2,1-4H3,(H2,29,30,35). The van der Waals surface area contributed by atoms with Crippen LogP contribution in [-0.4, -0.2) is 59.4 Å². The summed E-state index contributed by atoms with van der Waals surface area (Å²) in [5.41, 5.74) is 0.377. The van der Waals surface area contributed by atoms with Crippen molar-refractivity contribution in [3.05, 3.63) is 28.2 Å². The number of amides is 4. The van der Waals surface area contributed by atoms with Crippen LogP contribution in [0.15, 0.2) is 18.2 Å². The second kappa shape index (κ2) is 14.5. The molecule has 4 amide bonds. The van der Waals surface area contributed by atoms with Crippen molar-refractivity contribution < 1.29 is 14.4 Å². The number of halogens is 2. The summed E-state index contributed by atoms with van der Waals surface area (Å²) < 4.78 is 0. The lowest BCUT2D eigenvalue weighted by Crippen LogP contribution is -2.60. The summed E-state index contributed by atoms with van der Waals surface area (Å²) in [6, 6.07) is 3.71. The third-order valence-electron chi connectivity index (χ3n) is 6.72. The molecule has 0 aliphatic carbocycles. The van der Waals surface area contributed by atoms with Gasteiger partial charge in [-0.25, -0.2) is 4.79 Å². The molecule has 1 aromatic carbocycles. The highest BCUT2D eigenvalue weighted by molar-refractivity contribution is 6.43. The van der Waals surface area contributed by atoms with E-state index in [1.54, 1.807) is 23.1 Å². The van der Waals surface area contributed by atoms with Crippen LogP contribution in [0.25, 0.3) is 0 Å². The molecular weight excluding hydrogens is 487 g/mol. The second-order valence-corrected chi connectivity index (χ2v) is 10.2. The summed E-state index contributed by atoms with van der Waals surface area (Å²) in [5, 5.41) is 6.10. The number of nitrogens with one attached hydrogen (secondary N) is 2. The average molecular weight is 528 g/mol. The van der Waals surface area contributed by atoms with Crippen molar-refractivity contribution in [3.8, 4) is 0 Å². The predicted octanol–water partition coefficient (Wildman–Crippen LogP) is 5.95. The Morgan fingerprint density at radius 1 is 1.09 bits per heavy atom. The number of rotatable bonds is 11. The van der Waals surface area contributed by atoms with Crippen LogP contribution in [0, 0.1) is 5.92 Å². The minimum absolute atomic E-state index is 0.0625. The Morgan fingerprint density at radius 2 is 1.80 bits per heavy atom. The van der Waals surface area contributed by atoms with Gasteiger partial charge < -0.3 is 20.4 Å². The van der Waals surface area contributed by atoms with Crippen LogP contribution >= 0.6 is 23.2 Å². The quantitative estimate of drug-likeness (QED) is 0.349. The molecule has 1 aromatic rings. The lowest BCUT2D eigenvalue weighted by molar-refractivity contribution is -0.144. The summed E-state index contributed by atoms with van der Waals surface area (Å²) in [4.78, 5) is 42.5. The zero-order chi connectivity index (χ0) is 26.0. The van der Waals surface area contributed by atoms with Gasteiger partial charge in [0.2, 0.25) is 11.8 Å². The van der Waals surface area contributed by atoms with E-state index in [2.05, 4.69) is 17.6 Å². The van der Waals surface area contributed by atoms with E-state index in [1.807, 2.05) is 25.7 Å². The molecule has 1 aliphatic heterocycles. The van der Waals surface area contributed by atoms with Crippen LogP contribution in [0.5, 0.6) is 0 Å². The Balaban J connectivity index is 1.96. The van der Waals surface area contributed by atoms with Crippen molar-refractivity contribution in [2.75, 3.05) is 25.0 Å². The smallest absolute Gasteiger partial charge is 0.319 e. The highest BCUT2D eigenvalue weighted by atomic mass is 35.5. The minimum atomic E-state index is -0.689. The summed E-state index contributed by atoms with van der Waals surface area (Å²) in [7, 11) is 0. The second-order valence-electron chi connectivity index (χ2n) is 9.45. The first-order valence-electron chi connectivity index (χ1n) is 12.8. The summed E-state index contributed by atoms with van der Waals surface area (Å²) in [6.45, 7) is 9.51. The number of hydrogen-bond donors (Lipinski definition) is 2. The van der Waals surface area contributed by atoms with Gasteiger partial charge in [0.05, 0.1) is 15.7 Å². The first kappa shape index (κ1) is 29.2. The van der Waals surface area contributed by atoms with E-state index in [9.17, 15) is 14.4 Å². The van der Waals surface area contributed by atoms with Crippen molar-refractivity contribution in [1.82, 2.24) is 15.1 Å². The zero-order valence-corrected chi connectivity index (χ0v) is 22.9. The van der Waals surface area contributed by atoms with Crippen molar-refractivity contribution >= 4 is 46.7 Å². The van der Waals surface area contributed by atoms with Crippen molar-refractivity contribution in [3.63, 3.8) is 0 Å². The highest BCUT2D eigenvalue weighted by Crippen LogP contribution is 2.29. The van der Waals surface area contributed by atoms with Crippen LogP contribution in [-0.2, 0) is 9.59 Å². The van der Waals surface area contributed by atoms with Gasteiger partial charge in [0.1, 0.15) is 6.04 Å². The number of unbranched alkanes of at least 4 members (excludes halogenated alkanes) is 4. The molecule has 0 radical (unpaired) electrons. The van der Waals surface area contributed by atoms with Crippen molar-refractivity contribution in [1.29, 1.82) is 0 Å². The number of nitrogens with zero attached hydrogens (tertiary/aromatic N) is 2. The van der Waals surface area contributed by atoms with Crippen LogP contribution in [0.4, 0.5) is 10.5 Å². The summed E-state index contributed by atoms with van der Waals surface area (Å²) >= 11 is 12.2. The van der Waals surface area contributed by atoms with E-state index in [0.717, 1.165) is 19.3 Å². The molecule has 1 fully saturated rings.